The Bertz CT molecular complexity index is 1220. The van der Waals surface area contributed by atoms with Gasteiger partial charge >= 0.3 is 0 Å². The number of nitrogens with zero attached hydrogens (tertiary/aromatic N) is 2. The molecule has 0 amide bonds. The van der Waals surface area contributed by atoms with Gasteiger partial charge in [-0.15, -0.1) is 0 Å². The Labute approximate surface area is 150 Å². The van der Waals surface area contributed by atoms with Gasteiger partial charge in [-0.05, 0) is 43.4 Å². The molecule has 4 aliphatic rings. The molecule has 128 valence electrons. The molecule has 2 aromatic carbocycles. The number of hydrogen-bond acceptors (Lipinski definition) is 3. The summed E-state index contributed by atoms with van der Waals surface area (Å²) in [5, 5.41) is 9.12. The highest BCUT2D eigenvalue weighted by atomic mass is 16.3. The largest absolute Gasteiger partial charge is 0.452 e. The third-order valence-corrected chi connectivity index (χ3v) is 5.91. The molecule has 0 unspecified atom stereocenters. The molecular formula is C22H20N3O+. The van der Waals surface area contributed by atoms with Gasteiger partial charge in [0.05, 0.1) is 11.5 Å². The summed E-state index contributed by atoms with van der Waals surface area (Å²) in [6.07, 6.45) is 4.61. The van der Waals surface area contributed by atoms with Gasteiger partial charge in [-0.2, -0.15) is 0 Å². The summed E-state index contributed by atoms with van der Waals surface area (Å²) in [6.45, 7) is 2.31. The van der Waals surface area contributed by atoms with Crippen LogP contribution in [-0.2, 0) is 12.8 Å². The molecule has 2 N–H and O–H groups in total. The SMILES string of the molecule is [NH2+]=c1cc2oc3c4c5c(cc3nc-2c2ccccc12)CCCN5CCC4. The van der Waals surface area contributed by atoms with Crippen LogP contribution in [0.5, 0.6) is 0 Å². The highest BCUT2D eigenvalue weighted by molar-refractivity contribution is 5.97. The second-order valence-corrected chi connectivity index (χ2v) is 7.48. The van der Waals surface area contributed by atoms with Crippen LogP contribution >= 0.6 is 0 Å². The summed E-state index contributed by atoms with van der Waals surface area (Å²) in [5.41, 5.74) is 7.00. The number of nitrogens with two attached hydrogens (primary N) is 1. The lowest BCUT2D eigenvalue weighted by atomic mass is 9.91. The lowest BCUT2D eigenvalue weighted by Crippen LogP contribution is -2.45. The van der Waals surface area contributed by atoms with Crippen LogP contribution in [0, 0.1) is 0 Å². The van der Waals surface area contributed by atoms with E-state index < -0.39 is 0 Å². The maximum Gasteiger partial charge on any atom is 0.208 e. The van der Waals surface area contributed by atoms with Gasteiger partial charge in [0.25, 0.3) is 0 Å². The smallest absolute Gasteiger partial charge is 0.208 e. The first-order valence-electron chi connectivity index (χ1n) is 9.44. The molecule has 4 heteroatoms. The predicted octanol–water partition coefficient (Wildman–Crippen LogP) is 2.44. The zero-order valence-electron chi connectivity index (χ0n) is 14.6. The highest BCUT2D eigenvalue weighted by Gasteiger charge is 2.28. The summed E-state index contributed by atoms with van der Waals surface area (Å²) >= 11 is 0. The van der Waals surface area contributed by atoms with Gasteiger partial charge in [0.1, 0.15) is 11.2 Å². The quantitative estimate of drug-likeness (QED) is 0.394. The summed E-state index contributed by atoms with van der Waals surface area (Å²) in [4.78, 5) is 7.58. The number of aromatic nitrogens is 1. The van der Waals surface area contributed by atoms with Crippen molar-refractivity contribution in [3.05, 3.63) is 52.9 Å². The summed E-state index contributed by atoms with van der Waals surface area (Å²) in [7, 11) is 0. The van der Waals surface area contributed by atoms with Crippen LogP contribution in [0.1, 0.15) is 24.0 Å². The number of fused-ring (bicyclic) bond motifs is 5. The molecule has 1 aliphatic carbocycles. The van der Waals surface area contributed by atoms with Gasteiger partial charge in [0.15, 0.2) is 11.3 Å². The second kappa shape index (κ2) is 5.07. The number of aryl methyl sites for hydroxylation is 2. The van der Waals surface area contributed by atoms with E-state index >= 15 is 0 Å². The molecule has 0 spiro atoms. The van der Waals surface area contributed by atoms with Crippen molar-refractivity contribution in [2.75, 3.05) is 18.0 Å². The zero-order chi connectivity index (χ0) is 17.3. The molecular weight excluding hydrogens is 322 g/mol. The Balaban J connectivity index is 1.77. The van der Waals surface area contributed by atoms with Gasteiger partial charge < -0.3 is 9.32 Å². The van der Waals surface area contributed by atoms with E-state index in [0.717, 1.165) is 64.6 Å². The molecule has 0 saturated heterocycles. The Morgan fingerprint density at radius 2 is 1.81 bits per heavy atom. The Morgan fingerprint density at radius 3 is 2.69 bits per heavy atom. The standard InChI is InChI=1S/C22H19N3O/c23-17-12-19-20(15-7-2-1-6-14(15)17)24-18-11-13-5-3-9-25-10-4-8-16(21(13)25)22(18)26-19/h1-2,6-7,11-12,23H,3-5,8-10H2/p+1. The molecule has 0 atom stereocenters. The minimum atomic E-state index is 0.742. The van der Waals surface area contributed by atoms with E-state index in [-0.39, 0.29) is 0 Å². The third-order valence-electron chi connectivity index (χ3n) is 5.91. The van der Waals surface area contributed by atoms with Gasteiger partial charge in [-0.3, -0.25) is 5.41 Å². The Hall–Kier alpha value is -2.88. The molecule has 4 nitrogen and oxygen atoms in total. The average Bonchev–Trinajstić information content (AvgIpc) is 2.68. The number of benzene rings is 3. The molecule has 2 aromatic rings. The zero-order valence-corrected chi connectivity index (χ0v) is 14.6. The third kappa shape index (κ3) is 1.84. The molecule has 0 saturated carbocycles. The van der Waals surface area contributed by atoms with Crippen LogP contribution in [0.4, 0.5) is 5.69 Å². The summed E-state index contributed by atoms with van der Waals surface area (Å²) < 4.78 is 6.44. The molecule has 6 rings (SSSR count). The normalized spacial score (nSPS) is 16.4. The topological polar surface area (TPSA) is 54.9 Å². The predicted molar refractivity (Wildman–Crippen MR) is 102 cm³/mol. The van der Waals surface area contributed by atoms with E-state index in [9.17, 15) is 0 Å². The molecule has 3 heterocycles. The van der Waals surface area contributed by atoms with Crippen LogP contribution in [0.3, 0.4) is 0 Å². The molecule has 26 heavy (non-hydrogen) atoms. The Kier molecular flexibility index (Phi) is 2.79. The molecule has 0 aromatic heterocycles. The molecule has 0 fully saturated rings. The van der Waals surface area contributed by atoms with E-state index in [4.69, 9.17) is 14.8 Å². The van der Waals surface area contributed by atoms with Crippen molar-refractivity contribution < 1.29 is 9.83 Å². The van der Waals surface area contributed by atoms with Crippen molar-refractivity contribution in [3.8, 4) is 11.5 Å². The van der Waals surface area contributed by atoms with Crippen molar-refractivity contribution in [1.29, 1.82) is 0 Å². The van der Waals surface area contributed by atoms with Gasteiger partial charge in [0.2, 0.25) is 5.36 Å². The highest BCUT2D eigenvalue weighted by Crippen LogP contribution is 2.41. The lowest BCUT2D eigenvalue weighted by molar-refractivity contribution is -0.170. The van der Waals surface area contributed by atoms with E-state index in [0.29, 0.717) is 0 Å². The lowest BCUT2D eigenvalue weighted by Gasteiger charge is -2.37. The van der Waals surface area contributed by atoms with Crippen molar-refractivity contribution in [2.24, 2.45) is 0 Å². The first-order valence-corrected chi connectivity index (χ1v) is 9.44. The second-order valence-electron chi connectivity index (χ2n) is 7.48. The summed E-state index contributed by atoms with van der Waals surface area (Å²) in [6, 6.07) is 12.3. The number of rotatable bonds is 0. The van der Waals surface area contributed by atoms with E-state index in [1.54, 1.807) is 0 Å². The monoisotopic (exact) mass is 342 g/mol. The van der Waals surface area contributed by atoms with E-state index in [2.05, 4.69) is 17.0 Å². The van der Waals surface area contributed by atoms with Crippen LogP contribution in [0.2, 0.25) is 0 Å². The number of hydrogen-bond donors (Lipinski definition) is 1. The van der Waals surface area contributed by atoms with Gasteiger partial charge in [-0.25, -0.2) is 4.98 Å². The average molecular weight is 342 g/mol. The van der Waals surface area contributed by atoms with Crippen LogP contribution in [-0.4, -0.2) is 18.1 Å². The molecule has 0 bridgehead atoms. The van der Waals surface area contributed by atoms with Crippen molar-refractivity contribution in [1.82, 2.24) is 4.98 Å². The summed E-state index contributed by atoms with van der Waals surface area (Å²) in [5.74, 6) is 0.776. The fourth-order valence-corrected chi connectivity index (χ4v) is 4.80. The minimum Gasteiger partial charge on any atom is -0.452 e. The maximum atomic E-state index is 6.44. The van der Waals surface area contributed by atoms with Crippen molar-refractivity contribution in [2.45, 2.75) is 25.7 Å². The van der Waals surface area contributed by atoms with E-state index in [1.165, 1.54) is 29.7 Å². The van der Waals surface area contributed by atoms with Gasteiger partial charge in [0, 0.05) is 29.7 Å². The number of anilines is 1. The van der Waals surface area contributed by atoms with Crippen LogP contribution in [0.15, 0.2) is 40.8 Å². The Morgan fingerprint density at radius 1 is 1.00 bits per heavy atom. The van der Waals surface area contributed by atoms with Crippen molar-refractivity contribution in [3.63, 3.8) is 0 Å². The maximum absolute atomic E-state index is 6.44. The van der Waals surface area contributed by atoms with Crippen LogP contribution in [0.25, 0.3) is 33.3 Å². The van der Waals surface area contributed by atoms with Crippen molar-refractivity contribution >= 4 is 27.6 Å². The molecule has 0 radical (unpaired) electrons. The fourth-order valence-electron chi connectivity index (χ4n) is 4.80. The van der Waals surface area contributed by atoms with E-state index in [1.807, 2.05) is 24.3 Å². The van der Waals surface area contributed by atoms with Gasteiger partial charge in [-0.1, -0.05) is 18.2 Å². The molecule has 3 aliphatic heterocycles. The van der Waals surface area contributed by atoms with Crippen LogP contribution < -0.4 is 15.7 Å². The fraction of sp³-hybridized carbons (Fsp3) is 0.273. The first-order chi connectivity index (χ1) is 12.8. The first kappa shape index (κ1) is 14.3. The minimum absolute atomic E-state index is 0.742.